The predicted molar refractivity (Wildman–Crippen MR) is 423 cm³/mol. The van der Waals surface area contributed by atoms with E-state index >= 15 is 0 Å². The summed E-state index contributed by atoms with van der Waals surface area (Å²) >= 11 is 0. The Balaban J connectivity index is 5.21. The molecule has 0 saturated heterocycles. The second kappa shape index (κ2) is 74.2. The number of esters is 4. The molecule has 0 aromatic carbocycles. The number of phosphoric acid groups is 2. The van der Waals surface area contributed by atoms with Crippen molar-refractivity contribution in [2.24, 2.45) is 17.8 Å². The van der Waals surface area contributed by atoms with Gasteiger partial charge in [0.15, 0.2) is 12.2 Å². The van der Waals surface area contributed by atoms with E-state index in [0.717, 1.165) is 108 Å². The highest BCUT2D eigenvalue weighted by Crippen LogP contribution is 2.45. The highest BCUT2D eigenvalue weighted by Gasteiger charge is 2.30. The molecular formula is C84H164O17P2. The number of carbonyl (C=O) groups excluding carboxylic acids is 4. The fourth-order valence-corrected chi connectivity index (χ4v) is 14.6. The SMILES string of the molecule is CCCCCCCCCCCCCCCCCCCCCCCCC(=O)O[C@H](COC(=O)CCCCCCCCCCCCCCCCCC(C)C)COP(=O)(O)OC[C@@H](O)COP(=O)(O)OC[C@@H](COC(=O)CCCCCCCCCC(C)C)OC(=O)CCCCCCCCCCCCC(C)C. The van der Waals surface area contributed by atoms with Crippen LogP contribution in [0, 0.1) is 17.8 Å². The van der Waals surface area contributed by atoms with Gasteiger partial charge in [0, 0.05) is 25.7 Å². The van der Waals surface area contributed by atoms with Crippen molar-refractivity contribution >= 4 is 39.5 Å². The molecule has 103 heavy (non-hydrogen) atoms. The maximum absolute atomic E-state index is 13.1. The number of hydrogen-bond acceptors (Lipinski definition) is 15. The van der Waals surface area contributed by atoms with Gasteiger partial charge in [-0.2, -0.15) is 0 Å². The van der Waals surface area contributed by atoms with Crippen LogP contribution in [0.3, 0.4) is 0 Å². The Kier molecular flexibility index (Phi) is 72.8. The summed E-state index contributed by atoms with van der Waals surface area (Å²) in [6.07, 6.45) is 64.1. The van der Waals surface area contributed by atoms with Crippen LogP contribution in [0.5, 0.6) is 0 Å². The largest absolute Gasteiger partial charge is 0.472 e. The molecule has 0 aliphatic rings. The van der Waals surface area contributed by atoms with E-state index < -0.39 is 97.5 Å². The van der Waals surface area contributed by atoms with Crippen LogP contribution in [0.15, 0.2) is 0 Å². The van der Waals surface area contributed by atoms with E-state index in [0.29, 0.717) is 31.6 Å². The first kappa shape index (κ1) is 101. The molecule has 19 heteroatoms. The van der Waals surface area contributed by atoms with E-state index in [1.165, 1.54) is 244 Å². The van der Waals surface area contributed by atoms with Gasteiger partial charge in [-0.1, -0.05) is 389 Å². The molecule has 3 N–H and O–H groups in total. The molecule has 0 bridgehead atoms. The van der Waals surface area contributed by atoms with Gasteiger partial charge in [-0.15, -0.1) is 0 Å². The molecule has 612 valence electrons. The van der Waals surface area contributed by atoms with Gasteiger partial charge in [-0.05, 0) is 43.4 Å². The zero-order valence-electron chi connectivity index (χ0n) is 67.8. The summed E-state index contributed by atoms with van der Waals surface area (Å²) in [5.41, 5.74) is 0. The number of carbonyl (C=O) groups is 4. The van der Waals surface area contributed by atoms with Gasteiger partial charge in [-0.25, -0.2) is 9.13 Å². The van der Waals surface area contributed by atoms with E-state index in [9.17, 15) is 43.2 Å². The molecule has 0 radical (unpaired) electrons. The molecule has 0 fully saturated rings. The van der Waals surface area contributed by atoms with E-state index in [2.05, 4.69) is 48.5 Å². The van der Waals surface area contributed by atoms with E-state index in [1.807, 2.05) is 0 Å². The summed E-state index contributed by atoms with van der Waals surface area (Å²) in [5, 5.41) is 10.7. The smallest absolute Gasteiger partial charge is 0.462 e. The fourth-order valence-electron chi connectivity index (χ4n) is 13.0. The quantitative estimate of drug-likeness (QED) is 0.0222. The van der Waals surface area contributed by atoms with Crippen molar-refractivity contribution in [1.82, 2.24) is 0 Å². The lowest BCUT2D eigenvalue weighted by molar-refractivity contribution is -0.161. The van der Waals surface area contributed by atoms with Crippen molar-refractivity contribution in [1.29, 1.82) is 0 Å². The predicted octanol–water partition coefficient (Wildman–Crippen LogP) is 25.3. The van der Waals surface area contributed by atoms with Crippen molar-refractivity contribution in [3.8, 4) is 0 Å². The Morgan fingerprint density at radius 1 is 0.262 bits per heavy atom. The molecule has 0 saturated carbocycles. The molecule has 0 heterocycles. The van der Waals surface area contributed by atoms with Crippen LogP contribution in [-0.4, -0.2) is 96.7 Å². The number of rotatable bonds is 82. The third kappa shape index (κ3) is 78.0. The van der Waals surface area contributed by atoms with Crippen LogP contribution in [-0.2, 0) is 65.4 Å². The minimum Gasteiger partial charge on any atom is -0.462 e. The molecule has 0 amide bonds. The maximum atomic E-state index is 13.1. The van der Waals surface area contributed by atoms with Crippen molar-refractivity contribution < 1.29 is 80.2 Å². The Morgan fingerprint density at radius 3 is 0.660 bits per heavy atom. The average Bonchev–Trinajstić information content (AvgIpc) is 0.914. The molecular weight excluding hydrogens is 1340 g/mol. The van der Waals surface area contributed by atoms with Crippen LogP contribution >= 0.6 is 15.6 Å². The Hall–Kier alpha value is -1.94. The number of ether oxygens (including phenoxy) is 4. The van der Waals surface area contributed by atoms with E-state index in [1.54, 1.807) is 0 Å². The molecule has 5 atom stereocenters. The first-order chi connectivity index (χ1) is 49.7. The van der Waals surface area contributed by atoms with E-state index in [4.69, 9.17) is 37.0 Å². The van der Waals surface area contributed by atoms with Crippen LogP contribution < -0.4 is 0 Å². The minimum absolute atomic E-state index is 0.105. The summed E-state index contributed by atoms with van der Waals surface area (Å²) in [6, 6.07) is 0. The number of aliphatic hydroxyl groups is 1. The first-order valence-electron chi connectivity index (χ1n) is 43.3. The molecule has 0 aliphatic heterocycles. The third-order valence-electron chi connectivity index (χ3n) is 19.6. The fraction of sp³-hybridized carbons (Fsp3) is 0.952. The van der Waals surface area contributed by atoms with Gasteiger partial charge in [0.25, 0.3) is 0 Å². The zero-order valence-corrected chi connectivity index (χ0v) is 69.6. The lowest BCUT2D eigenvalue weighted by Crippen LogP contribution is -2.30. The molecule has 0 spiro atoms. The molecule has 2 unspecified atom stereocenters. The summed E-state index contributed by atoms with van der Waals surface area (Å²) in [7, 11) is -9.92. The average molecular weight is 1510 g/mol. The first-order valence-corrected chi connectivity index (χ1v) is 46.3. The molecule has 0 rings (SSSR count). The number of unbranched alkanes of at least 4 members (excludes halogenated alkanes) is 50. The Morgan fingerprint density at radius 2 is 0.447 bits per heavy atom. The topological polar surface area (TPSA) is 237 Å². The van der Waals surface area contributed by atoms with Crippen molar-refractivity contribution in [2.75, 3.05) is 39.6 Å². The van der Waals surface area contributed by atoms with Gasteiger partial charge in [0.05, 0.1) is 26.4 Å². The van der Waals surface area contributed by atoms with Gasteiger partial charge in [0.2, 0.25) is 0 Å². The van der Waals surface area contributed by atoms with Gasteiger partial charge < -0.3 is 33.8 Å². The molecule has 17 nitrogen and oxygen atoms in total. The van der Waals surface area contributed by atoms with Crippen molar-refractivity contribution in [2.45, 2.75) is 458 Å². The monoisotopic (exact) mass is 1510 g/mol. The lowest BCUT2D eigenvalue weighted by atomic mass is 10.0. The van der Waals surface area contributed by atoms with Gasteiger partial charge in [-0.3, -0.25) is 37.3 Å². The zero-order chi connectivity index (χ0) is 75.8. The number of aliphatic hydroxyl groups excluding tert-OH is 1. The summed E-state index contributed by atoms with van der Waals surface area (Å²) in [4.78, 5) is 73.1. The highest BCUT2D eigenvalue weighted by molar-refractivity contribution is 7.47. The van der Waals surface area contributed by atoms with Crippen LogP contribution in [0.2, 0.25) is 0 Å². The van der Waals surface area contributed by atoms with Crippen molar-refractivity contribution in [3.63, 3.8) is 0 Å². The minimum atomic E-state index is -4.96. The number of hydrogen-bond donors (Lipinski definition) is 3. The van der Waals surface area contributed by atoms with Crippen LogP contribution in [0.1, 0.15) is 440 Å². The summed E-state index contributed by atoms with van der Waals surface area (Å²) in [6.45, 7) is 11.9. The van der Waals surface area contributed by atoms with Crippen molar-refractivity contribution in [3.05, 3.63) is 0 Å². The molecule has 0 aliphatic carbocycles. The standard InChI is InChI=1S/C84H164O17P2/c1-8-9-10-11-12-13-14-15-16-17-18-19-20-21-22-25-29-32-38-45-53-60-67-83(88)100-79(71-94-81(86)65-58-51-44-37-31-28-26-23-24-27-30-35-41-48-55-62-75(2)3)73-98-102(90,91)96-69-78(85)70-97-103(92,93)99-74-80(72-95-82(87)66-59-52-47-40-43-50-57-64-77(6)7)101-84(89)68-61-54-46-39-34-33-36-42-49-56-63-76(4)5/h75-80,85H,8-74H2,1-7H3,(H,90,91)(H,92,93)/t78-,79-,80-/m1/s1. The molecule has 0 aromatic rings. The summed E-state index contributed by atoms with van der Waals surface area (Å²) < 4.78 is 68.8. The number of phosphoric ester groups is 2. The Labute approximate surface area is 632 Å². The normalized spacial score (nSPS) is 13.9. The highest BCUT2D eigenvalue weighted by atomic mass is 31.2. The van der Waals surface area contributed by atoms with Gasteiger partial charge >= 0.3 is 39.5 Å². The van der Waals surface area contributed by atoms with Crippen LogP contribution in [0.25, 0.3) is 0 Å². The molecule has 0 aromatic heterocycles. The Bertz CT molecular complexity index is 1990. The third-order valence-corrected chi connectivity index (χ3v) is 21.5. The second-order valence-electron chi connectivity index (χ2n) is 31.6. The van der Waals surface area contributed by atoms with Gasteiger partial charge in [0.1, 0.15) is 19.3 Å². The second-order valence-corrected chi connectivity index (χ2v) is 34.6. The summed E-state index contributed by atoms with van der Waals surface area (Å²) in [5.74, 6) is 0.153. The lowest BCUT2D eigenvalue weighted by Gasteiger charge is -2.21. The maximum Gasteiger partial charge on any atom is 0.472 e. The van der Waals surface area contributed by atoms with Crippen LogP contribution in [0.4, 0.5) is 0 Å². The van der Waals surface area contributed by atoms with E-state index in [-0.39, 0.29) is 25.7 Å².